The van der Waals surface area contributed by atoms with Crippen molar-refractivity contribution in [1.29, 1.82) is 0 Å². The van der Waals surface area contributed by atoms with Gasteiger partial charge in [0.05, 0.1) is 5.41 Å². The van der Waals surface area contributed by atoms with Crippen LogP contribution in [0.1, 0.15) is 39.2 Å². The van der Waals surface area contributed by atoms with Crippen molar-refractivity contribution >= 4 is 18.2 Å². The van der Waals surface area contributed by atoms with Crippen molar-refractivity contribution in [2.45, 2.75) is 51.9 Å². The minimum atomic E-state index is -1.08. The van der Waals surface area contributed by atoms with Crippen LogP contribution in [-0.4, -0.2) is 52.9 Å². The molecule has 1 aromatic carbocycles. The number of carboxylic acids is 1. The molecule has 2 fully saturated rings. The van der Waals surface area contributed by atoms with Crippen molar-refractivity contribution in [1.82, 2.24) is 10.2 Å². The number of aliphatic carboxylic acids is 1. The normalized spacial score (nSPS) is 26.0. The highest BCUT2D eigenvalue weighted by molar-refractivity contribution is 5.79. The van der Waals surface area contributed by atoms with Gasteiger partial charge in [0.15, 0.2) is 0 Å². The Hall–Kier alpha value is -2.77. The summed E-state index contributed by atoms with van der Waals surface area (Å²) in [6.07, 6.45) is -0.328. The maximum absolute atomic E-state index is 12.5. The van der Waals surface area contributed by atoms with Gasteiger partial charge >= 0.3 is 18.2 Å². The summed E-state index contributed by atoms with van der Waals surface area (Å²) in [7, 11) is 0. The van der Waals surface area contributed by atoms with Crippen molar-refractivity contribution in [3.05, 3.63) is 35.9 Å². The van der Waals surface area contributed by atoms with Gasteiger partial charge in [-0.05, 0) is 45.1 Å². The maximum Gasteiger partial charge on any atom is 0.410 e. The van der Waals surface area contributed by atoms with Crippen molar-refractivity contribution in [3.63, 3.8) is 0 Å². The van der Waals surface area contributed by atoms with E-state index in [0.29, 0.717) is 13.0 Å². The third-order valence-electron chi connectivity index (χ3n) is 5.49. The van der Waals surface area contributed by atoms with Crippen molar-refractivity contribution in [2.75, 3.05) is 13.1 Å². The number of nitrogens with one attached hydrogen (secondary N) is 1. The van der Waals surface area contributed by atoms with Gasteiger partial charge in [0.2, 0.25) is 0 Å². The summed E-state index contributed by atoms with van der Waals surface area (Å²) >= 11 is 0. The first-order valence-electron chi connectivity index (χ1n) is 9.77. The number of rotatable bonds is 4. The topological polar surface area (TPSA) is 105 Å². The molecule has 1 aromatic rings. The van der Waals surface area contributed by atoms with E-state index in [1.54, 1.807) is 20.8 Å². The molecule has 0 bridgehead atoms. The molecule has 2 aliphatic rings. The van der Waals surface area contributed by atoms with Gasteiger partial charge in [-0.15, -0.1) is 0 Å². The summed E-state index contributed by atoms with van der Waals surface area (Å²) in [5, 5.41) is 12.7. The third kappa shape index (κ3) is 4.81. The van der Waals surface area contributed by atoms with E-state index in [2.05, 4.69) is 5.32 Å². The summed E-state index contributed by atoms with van der Waals surface area (Å²) in [5.41, 5.74) is -0.830. The molecule has 8 heteroatoms. The molecule has 158 valence electrons. The summed E-state index contributed by atoms with van der Waals surface area (Å²) in [6, 6.07) is 9.02. The molecular formula is C21H28N2O6. The molecule has 0 unspecified atom stereocenters. The number of fused-ring (bicyclic) bond motifs is 1. The van der Waals surface area contributed by atoms with Crippen LogP contribution >= 0.6 is 0 Å². The Morgan fingerprint density at radius 3 is 2.52 bits per heavy atom. The van der Waals surface area contributed by atoms with E-state index >= 15 is 0 Å². The molecule has 1 aliphatic carbocycles. The number of carbonyl (C=O) groups excluding carboxylic acids is 2. The number of carboxylic acid groups (broad SMARTS) is 1. The van der Waals surface area contributed by atoms with Crippen molar-refractivity contribution in [2.24, 2.45) is 11.3 Å². The quantitative estimate of drug-likeness (QED) is 0.799. The van der Waals surface area contributed by atoms with Gasteiger partial charge in [-0.2, -0.15) is 0 Å². The summed E-state index contributed by atoms with van der Waals surface area (Å²) in [5.74, 6) is -1.20. The molecule has 0 radical (unpaired) electrons. The number of ether oxygens (including phenoxy) is 2. The molecule has 1 aliphatic heterocycles. The van der Waals surface area contributed by atoms with E-state index in [1.165, 1.54) is 4.90 Å². The van der Waals surface area contributed by atoms with E-state index in [0.717, 1.165) is 5.56 Å². The Balaban J connectivity index is 1.59. The largest absolute Gasteiger partial charge is 0.481 e. The summed E-state index contributed by atoms with van der Waals surface area (Å²) in [4.78, 5) is 38.0. The molecular weight excluding hydrogens is 376 g/mol. The van der Waals surface area contributed by atoms with Crippen LogP contribution in [0.5, 0.6) is 0 Å². The fourth-order valence-corrected chi connectivity index (χ4v) is 4.24. The first-order chi connectivity index (χ1) is 13.6. The molecule has 3 atom stereocenters. The fraction of sp³-hybridized carbons (Fsp3) is 0.571. The first-order valence-corrected chi connectivity index (χ1v) is 9.77. The summed E-state index contributed by atoms with van der Waals surface area (Å²) in [6.45, 7) is 5.83. The predicted molar refractivity (Wildman–Crippen MR) is 104 cm³/mol. The fourth-order valence-electron chi connectivity index (χ4n) is 4.24. The highest BCUT2D eigenvalue weighted by Gasteiger charge is 2.59. The molecule has 2 N–H and O–H groups in total. The van der Waals surface area contributed by atoms with Gasteiger partial charge in [0.1, 0.15) is 12.2 Å². The molecule has 1 saturated heterocycles. The van der Waals surface area contributed by atoms with Crippen molar-refractivity contribution in [3.8, 4) is 0 Å². The zero-order valence-corrected chi connectivity index (χ0v) is 17.0. The molecule has 8 nitrogen and oxygen atoms in total. The Bertz CT molecular complexity index is 775. The van der Waals surface area contributed by atoms with Gasteiger partial charge in [0.25, 0.3) is 0 Å². The number of hydrogen-bond acceptors (Lipinski definition) is 5. The lowest BCUT2D eigenvalue weighted by Crippen LogP contribution is -2.42. The van der Waals surface area contributed by atoms with Crippen molar-refractivity contribution < 1.29 is 29.0 Å². The number of carbonyl (C=O) groups is 3. The standard InChI is InChI=1S/C21H28N2O6/c1-20(2,3)29-18(26)22-16-9-15-11-23(13-21(15,10-16)17(24)25)19(27)28-12-14-7-5-4-6-8-14/h4-8,15-16H,9-13H2,1-3H3,(H,22,26)(H,24,25)/t15-,16+,21+/m0/s1. The lowest BCUT2D eigenvalue weighted by Gasteiger charge is -2.25. The lowest BCUT2D eigenvalue weighted by atomic mass is 9.81. The Morgan fingerprint density at radius 1 is 1.24 bits per heavy atom. The van der Waals surface area contributed by atoms with Crippen LogP contribution in [0.2, 0.25) is 0 Å². The predicted octanol–water partition coefficient (Wildman–Crippen LogP) is 3.01. The highest BCUT2D eigenvalue weighted by atomic mass is 16.6. The molecule has 0 aromatic heterocycles. The molecule has 2 amide bonds. The smallest absolute Gasteiger partial charge is 0.410 e. The Labute approximate surface area is 170 Å². The van der Waals surface area contributed by atoms with Gasteiger partial charge in [-0.1, -0.05) is 30.3 Å². The second-order valence-corrected chi connectivity index (χ2v) is 8.86. The van der Waals surface area contributed by atoms with E-state index < -0.39 is 29.2 Å². The van der Waals surface area contributed by atoms with Gasteiger partial charge in [-0.3, -0.25) is 4.79 Å². The second kappa shape index (κ2) is 7.93. The monoisotopic (exact) mass is 404 g/mol. The number of nitrogens with zero attached hydrogens (tertiary/aromatic N) is 1. The van der Waals surface area contributed by atoms with Crippen LogP contribution in [0.3, 0.4) is 0 Å². The number of likely N-dealkylation sites (tertiary alicyclic amines) is 1. The number of hydrogen-bond donors (Lipinski definition) is 2. The number of alkyl carbamates (subject to hydrolysis) is 1. The first kappa shape index (κ1) is 21.0. The second-order valence-electron chi connectivity index (χ2n) is 8.86. The highest BCUT2D eigenvalue weighted by Crippen LogP contribution is 2.49. The van der Waals surface area contributed by atoms with Crippen LogP contribution in [0.4, 0.5) is 9.59 Å². The minimum absolute atomic E-state index is 0.0765. The van der Waals surface area contributed by atoms with E-state index in [4.69, 9.17) is 9.47 Å². The lowest BCUT2D eigenvalue weighted by molar-refractivity contribution is -0.149. The maximum atomic E-state index is 12.5. The Kier molecular flexibility index (Phi) is 5.73. The van der Waals surface area contributed by atoms with Gasteiger partial charge in [0, 0.05) is 19.1 Å². The average Bonchev–Trinajstić information content (AvgIpc) is 3.14. The molecule has 1 saturated carbocycles. The van der Waals surface area contributed by atoms with Crippen LogP contribution in [-0.2, 0) is 20.9 Å². The minimum Gasteiger partial charge on any atom is -0.481 e. The van der Waals surface area contributed by atoms with Crippen LogP contribution in [0.15, 0.2) is 30.3 Å². The van der Waals surface area contributed by atoms with Gasteiger partial charge < -0.3 is 24.8 Å². The van der Waals surface area contributed by atoms with Crippen LogP contribution in [0.25, 0.3) is 0 Å². The zero-order valence-electron chi connectivity index (χ0n) is 17.0. The van der Waals surface area contributed by atoms with E-state index in [-0.39, 0.29) is 31.5 Å². The number of benzene rings is 1. The van der Waals surface area contributed by atoms with Crippen LogP contribution in [0, 0.1) is 11.3 Å². The van der Waals surface area contributed by atoms with Crippen LogP contribution < -0.4 is 5.32 Å². The average molecular weight is 404 g/mol. The molecule has 1 heterocycles. The molecule has 29 heavy (non-hydrogen) atoms. The number of amides is 2. The molecule has 3 rings (SSSR count). The zero-order chi connectivity index (χ0) is 21.2. The summed E-state index contributed by atoms with van der Waals surface area (Å²) < 4.78 is 10.6. The van der Waals surface area contributed by atoms with E-state index in [9.17, 15) is 19.5 Å². The van der Waals surface area contributed by atoms with E-state index in [1.807, 2.05) is 30.3 Å². The van der Waals surface area contributed by atoms with Gasteiger partial charge in [-0.25, -0.2) is 9.59 Å². The Morgan fingerprint density at radius 2 is 1.93 bits per heavy atom. The SMILES string of the molecule is CC(C)(C)OC(=O)N[C@@H]1C[C@H]2CN(C(=O)OCc3ccccc3)C[C@]2(C(=O)O)C1. The third-order valence-corrected chi connectivity index (χ3v) is 5.49. The molecule has 0 spiro atoms.